The zero-order valence-corrected chi connectivity index (χ0v) is 12.4. The van der Waals surface area contributed by atoms with Crippen molar-refractivity contribution in [1.29, 1.82) is 0 Å². The molecule has 0 amide bonds. The molecular weight excluding hydrogens is 242 g/mol. The Labute approximate surface area is 114 Å². The minimum atomic E-state index is 0.636. The van der Waals surface area contributed by atoms with E-state index < -0.39 is 0 Å². The van der Waals surface area contributed by atoms with Gasteiger partial charge in [0.2, 0.25) is 0 Å². The summed E-state index contributed by atoms with van der Waals surface area (Å²) in [5.41, 5.74) is 3.94. The van der Waals surface area contributed by atoms with E-state index in [-0.39, 0.29) is 0 Å². The van der Waals surface area contributed by atoms with Crippen LogP contribution in [0.25, 0.3) is 0 Å². The number of thioether (sulfide) groups is 1. The van der Waals surface area contributed by atoms with Crippen LogP contribution in [0.5, 0.6) is 0 Å². The van der Waals surface area contributed by atoms with Gasteiger partial charge in [0, 0.05) is 12.2 Å². The first-order valence-electron chi connectivity index (χ1n) is 6.90. The summed E-state index contributed by atoms with van der Waals surface area (Å²) in [7, 11) is 0. The average Bonchev–Trinajstić information content (AvgIpc) is 2.37. The van der Waals surface area contributed by atoms with Crippen molar-refractivity contribution in [3.05, 3.63) is 22.8 Å². The Kier molecular flexibility index (Phi) is 5.01. The maximum absolute atomic E-state index is 4.79. The topological polar surface area (TPSA) is 37.8 Å². The van der Waals surface area contributed by atoms with E-state index in [1.54, 1.807) is 0 Å². The maximum Gasteiger partial charge on any atom is 0.138 e. The van der Waals surface area contributed by atoms with Gasteiger partial charge in [-0.25, -0.2) is 9.97 Å². The first-order valence-corrected chi connectivity index (χ1v) is 7.95. The molecular formula is C14H23N3S. The molecule has 18 heavy (non-hydrogen) atoms. The summed E-state index contributed by atoms with van der Waals surface area (Å²) >= 11 is 1.92. The molecule has 1 N–H and O–H groups in total. The highest BCUT2D eigenvalue weighted by molar-refractivity contribution is 7.99. The molecule has 0 saturated heterocycles. The van der Waals surface area contributed by atoms with Crippen LogP contribution in [0.1, 0.15) is 50.0 Å². The highest BCUT2D eigenvalue weighted by atomic mass is 32.2. The van der Waals surface area contributed by atoms with Gasteiger partial charge in [0.25, 0.3) is 0 Å². The molecule has 0 spiro atoms. The van der Waals surface area contributed by atoms with Gasteiger partial charge in [0.15, 0.2) is 0 Å². The first kappa shape index (κ1) is 13.8. The van der Waals surface area contributed by atoms with Gasteiger partial charge >= 0.3 is 0 Å². The number of fused-ring (bicyclic) bond motifs is 1. The number of rotatable bonds is 5. The molecule has 0 aliphatic carbocycles. The van der Waals surface area contributed by atoms with Crippen molar-refractivity contribution < 1.29 is 0 Å². The van der Waals surface area contributed by atoms with Gasteiger partial charge in [-0.05, 0) is 30.2 Å². The quantitative estimate of drug-likeness (QED) is 0.888. The Morgan fingerprint density at radius 3 is 2.89 bits per heavy atom. The fourth-order valence-corrected chi connectivity index (χ4v) is 2.85. The fraction of sp³-hybridized carbons (Fsp3) is 0.714. The Bertz CT molecular complexity index is 404. The van der Waals surface area contributed by atoms with Crippen LogP contribution in [0.2, 0.25) is 0 Å². The Hall–Kier alpha value is -0.610. The smallest absolute Gasteiger partial charge is 0.138 e. The molecule has 0 saturated carbocycles. The highest BCUT2D eigenvalue weighted by Gasteiger charge is 2.16. The monoisotopic (exact) mass is 265 g/mol. The van der Waals surface area contributed by atoms with E-state index in [2.05, 4.69) is 26.1 Å². The number of aryl methyl sites for hydroxylation is 1. The lowest BCUT2D eigenvalue weighted by Gasteiger charge is -2.20. The third-order valence-corrected chi connectivity index (χ3v) is 4.19. The molecule has 0 radical (unpaired) electrons. The van der Waals surface area contributed by atoms with Gasteiger partial charge in [0.05, 0.1) is 11.4 Å². The summed E-state index contributed by atoms with van der Waals surface area (Å²) in [6.45, 7) is 8.63. The highest BCUT2D eigenvalue weighted by Crippen LogP contribution is 2.20. The lowest BCUT2D eigenvalue weighted by atomic mass is 10.0. The second kappa shape index (κ2) is 6.53. The zero-order valence-electron chi connectivity index (χ0n) is 11.6. The molecule has 2 rings (SSSR count). The van der Waals surface area contributed by atoms with Crippen molar-refractivity contribution in [3.63, 3.8) is 0 Å². The van der Waals surface area contributed by atoms with Crippen LogP contribution in [0.15, 0.2) is 0 Å². The summed E-state index contributed by atoms with van der Waals surface area (Å²) in [5.74, 6) is 1.95. The van der Waals surface area contributed by atoms with E-state index in [9.17, 15) is 0 Å². The number of aromatic nitrogens is 2. The second-order valence-electron chi connectivity index (χ2n) is 5.05. The number of hydrogen-bond donors (Lipinski definition) is 1. The molecule has 0 fully saturated rings. The minimum Gasteiger partial charge on any atom is -0.311 e. The molecule has 0 bridgehead atoms. The molecule has 0 aromatic carbocycles. The predicted molar refractivity (Wildman–Crippen MR) is 77.9 cm³/mol. The summed E-state index contributed by atoms with van der Waals surface area (Å²) in [6, 6.07) is 0. The van der Waals surface area contributed by atoms with Crippen molar-refractivity contribution in [2.45, 2.75) is 57.6 Å². The molecule has 1 aromatic heterocycles. The number of hydrogen-bond acceptors (Lipinski definition) is 4. The summed E-state index contributed by atoms with van der Waals surface area (Å²) < 4.78 is 0. The molecule has 0 atom stereocenters. The standard InChI is InChI=1S/C14H23N3S/c1-4-5-12-11-6-7-15-8-13(11)17-14(16-12)9-18-10(2)3/h10,15H,4-9H2,1-3H3. The van der Waals surface area contributed by atoms with Crippen LogP contribution < -0.4 is 5.32 Å². The number of nitrogens with zero attached hydrogens (tertiary/aromatic N) is 2. The van der Waals surface area contributed by atoms with E-state index in [0.29, 0.717) is 5.25 Å². The molecule has 1 aromatic rings. The zero-order chi connectivity index (χ0) is 13.0. The van der Waals surface area contributed by atoms with Gasteiger partial charge in [-0.3, -0.25) is 0 Å². The minimum absolute atomic E-state index is 0.636. The summed E-state index contributed by atoms with van der Waals surface area (Å²) in [4.78, 5) is 9.52. The summed E-state index contributed by atoms with van der Waals surface area (Å²) in [6.07, 6.45) is 3.33. The normalized spacial score (nSPS) is 14.9. The largest absolute Gasteiger partial charge is 0.311 e. The average molecular weight is 265 g/mol. The van der Waals surface area contributed by atoms with E-state index in [4.69, 9.17) is 9.97 Å². The van der Waals surface area contributed by atoms with Gasteiger partial charge in [-0.15, -0.1) is 0 Å². The molecule has 4 heteroatoms. The second-order valence-corrected chi connectivity index (χ2v) is 6.61. The Morgan fingerprint density at radius 1 is 1.33 bits per heavy atom. The van der Waals surface area contributed by atoms with Gasteiger partial charge in [0.1, 0.15) is 5.82 Å². The van der Waals surface area contributed by atoms with E-state index in [1.165, 1.54) is 17.0 Å². The molecule has 3 nitrogen and oxygen atoms in total. The van der Waals surface area contributed by atoms with Crippen molar-refractivity contribution in [1.82, 2.24) is 15.3 Å². The third-order valence-electron chi connectivity index (χ3n) is 3.10. The molecule has 1 aliphatic heterocycles. The lowest BCUT2D eigenvalue weighted by molar-refractivity contribution is 0.608. The maximum atomic E-state index is 4.79. The van der Waals surface area contributed by atoms with Gasteiger partial charge < -0.3 is 5.32 Å². The molecule has 2 heterocycles. The van der Waals surface area contributed by atoms with Crippen LogP contribution in [0.4, 0.5) is 0 Å². The van der Waals surface area contributed by atoms with Crippen LogP contribution >= 0.6 is 11.8 Å². The van der Waals surface area contributed by atoms with Crippen LogP contribution in [-0.4, -0.2) is 21.8 Å². The molecule has 100 valence electrons. The van der Waals surface area contributed by atoms with E-state index in [0.717, 1.165) is 43.9 Å². The van der Waals surface area contributed by atoms with E-state index >= 15 is 0 Å². The first-order chi connectivity index (χ1) is 8.70. The molecule has 0 unspecified atom stereocenters. The van der Waals surface area contributed by atoms with Crippen molar-refractivity contribution in [2.75, 3.05) is 6.54 Å². The van der Waals surface area contributed by atoms with Gasteiger partial charge in [-0.2, -0.15) is 11.8 Å². The predicted octanol–water partition coefficient (Wildman–Crippen LogP) is 2.72. The Morgan fingerprint density at radius 2 is 2.17 bits per heavy atom. The number of nitrogens with one attached hydrogen (secondary N) is 1. The van der Waals surface area contributed by atoms with Crippen molar-refractivity contribution >= 4 is 11.8 Å². The van der Waals surface area contributed by atoms with Crippen LogP contribution in [-0.2, 0) is 25.1 Å². The Balaban J connectivity index is 2.23. The SMILES string of the molecule is CCCc1nc(CSC(C)C)nc2c1CCNC2. The van der Waals surface area contributed by atoms with Gasteiger partial charge in [-0.1, -0.05) is 27.2 Å². The third kappa shape index (κ3) is 3.45. The van der Waals surface area contributed by atoms with Crippen molar-refractivity contribution in [2.24, 2.45) is 0 Å². The fourth-order valence-electron chi connectivity index (χ4n) is 2.24. The molecule has 1 aliphatic rings. The summed E-state index contributed by atoms with van der Waals surface area (Å²) in [5, 5.41) is 4.04. The lowest BCUT2D eigenvalue weighted by Crippen LogP contribution is -2.27. The van der Waals surface area contributed by atoms with E-state index in [1.807, 2.05) is 11.8 Å². The van der Waals surface area contributed by atoms with Crippen LogP contribution in [0.3, 0.4) is 0 Å². The van der Waals surface area contributed by atoms with Crippen LogP contribution in [0, 0.1) is 0 Å². The van der Waals surface area contributed by atoms with Crippen molar-refractivity contribution in [3.8, 4) is 0 Å².